The van der Waals surface area contributed by atoms with E-state index < -0.39 is 23.4 Å². The Balaban J connectivity index is 2.30. The van der Waals surface area contributed by atoms with E-state index in [1.165, 1.54) is 0 Å². The Morgan fingerprint density at radius 3 is 2.18 bits per heavy atom. The molecule has 0 saturated carbocycles. The molecular weight excluding hydrogens is 226 g/mol. The molecule has 2 N–H and O–H groups in total. The SMILES string of the molecule is CCC1(N2CCOCC2)C(=O)NC(=O)NC1=O. The van der Waals surface area contributed by atoms with Crippen LogP contribution >= 0.6 is 0 Å². The zero-order valence-electron chi connectivity index (χ0n) is 9.62. The Morgan fingerprint density at radius 2 is 1.71 bits per heavy atom. The van der Waals surface area contributed by atoms with Crippen molar-refractivity contribution in [3.05, 3.63) is 0 Å². The molecule has 0 aromatic rings. The maximum absolute atomic E-state index is 12.0. The molecule has 0 radical (unpaired) electrons. The van der Waals surface area contributed by atoms with E-state index in [9.17, 15) is 14.4 Å². The fourth-order valence-corrected chi connectivity index (χ4v) is 2.32. The van der Waals surface area contributed by atoms with Gasteiger partial charge in [-0.15, -0.1) is 0 Å². The maximum atomic E-state index is 12.0. The summed E-state index contributed by atoms with van der Waals surface area (Å²) in [6.07, 6.45) is 0.317. The number of barbiturate groups is 1. The summed E-state index contributed by atoms with van der Waals surface area (Å²) < 4.78 is 5.20. The quantitative estimate of drug-likeness (QED) is 0.595. The first-order chi connectivity index (χ1) is 8.11. The first-order valence-corrected chi connectivity index (χ1v) is 5.61. The highest BCUT2D eigenvalue weighted by Gasteiger charge is 2.53. The van der Waals surface area contributed by atoms with Gasteiger partial charge in [0.25, 0.3) is 11.8 Å². The smallest absolute Gasteiger partial charge is 0.328 e. The van der Waals surface area contributed by atoms with Crippen molar-refractivity contribution in [2.24, 2.45) is 0 Å². The molecule has 0 aliphatic carbocycles. The Bertz CT molecular complexity index is 343. The number of nitrogens with one attached hydrogen (secondary N) is 2. The normalized spacial score (nSPS) is 25.4. The first kappa shape index (κ1) is 12.0. The van der Waals surface area contributed by atoms with Gasteiger partial charge >= 0.3 is 6.03 Å². The summed E-state index contributed by atoms with van der Waals surface area (Å²) >= 11 is 0. The van der Waals surface area contributed by atoms with Crippen molar-refractivity contribution in [1.29, 1.82) is 0 Å². The Labute approximate surface area is 98.5 Å². The molecule has 4 amide bonds. The van der Waals surface area contributed by atoms with Gasteiger partial charge in [0.2, 0.25) is 0 Å². The lowest BCUT2D eigenvalue weighted by molar-refractivity contribution is -0.151. The minimum atomic E-state index is -1.28. The Morgan fingerprint density at radius 1 is 1.18 bits per heavy atom. The largest absolute Gasteiger partial charge is 0.379 e. The molecule has 17 heavy (non-hydrogen) atoms. The van der Waals surface area contributed by atoms with Gasteiger partial charge in [0, 0.05) is 13.1 Å². The molecule has 0 aromatic carbocycles. The van der Waals surface area contributed by atoms with Crippen LogP contribution < -0.4 is 10.6 Å². The van der Waals surface area contributed by atoms with E-state index >= 15 is 0 Å². The topological polar surface area (TPSA) is 87.7 Å². The molecule has 2 heterocycles. The highest BCUT2D eigenvalue weighted by Crippen LogP contribution is 2.24. The summed E-state index contributed by atoms with van der Waals surface area (Å²) in [4.78, 5) is 36.8. The molecule has 0 bridgehead atoms. The number of imide groups is 2. The van der Waals surface area contributed by atoms with E-state index in [0.29, 0.717) is 32.7 Å². The van der Waals surface area contributed by atoms with Crippen molar-refractivity contribution >= 4 is 17.8 Å². The standard InChI is InChI=1S/C10H15N3O4/c1-2-10(13-3-5-17-6-4-13)7(14)11-9(16)12-8(10)15/h2-6H2,1H3,(H2,11,12,14,15,16). The van der Waals surface area contributed by atoms with Crippen LogP contribution in [0.25, 0.3) is 0 Å². The number of nitrogens with zero attached hydrogens (tertiary/aromatic N) is 1. The van der Waals surface area contributed by atoms with Gasteiger partial charge in [-0.25, -0.2) is 4.79 Å². The van der Waals surface area contributed by atoms with Gasteiger partial charge in [-0.05, 0) is 6.42 Å². The summed E-state index contributed by atoms with van der Waals surface area (Å²) in [5.41, 5.74) is -1.28. The van der Waals surface area contributed by atoms with Crippen LogP contribution in [0, 0.1) is 0 Å². The number of rotatable bonds is 2. The summed E-state index contributed by atoms with van der Waals surface area (Å²) in [6, 6.07) is -0.752. The maximum Gasteiger partial charge on any atom is 0.328 e. The molecule has 0 aromatic heterocycles. The third-order valence-electron chi connectivity index (χ3n) is 3.27. The minimum absolute atomic E-state index is 0.317. The van der Waals surface area contributed by atoms with Gasteiger partial charge in [0.1, 0.15) is 0 Å². The van der Waals surface area contributed by atoms with Crippen LogP contribution in [0.5, 0.6) is 0 Å². The summed E-state index contributed by atoms with van der Waals surface area (Å²) in [7, 11) is 0. The molecule has 2 saturated heterocycles. The Hall–Kier alpha value is -1.47. The molecule has 7 nitrogen and oxygen atoms in total. The van der Waals surface area contributed by atoms with E-state index in [-0.39, 0.29) is 0 Å². The molecular formula is C10H15N3O4. The van der Waals surface area contributed by atoms with E-state index in [2.05, 4.69) is 10.6 Å². The number of carbonyl (C=O) groups is 3. The van der Waals surface area contributed by atoms with Gasteiger partial charge in [0.15, 0.2) is 5.54 Å². The number of ether oxygens (including phenoxy) is 1. The van der Waals surface area contributed by atoms with Crippen molar-refractivity contribution in [3.63, 3.8) is 0 Å². The van der Waals surface area contributed by atoms with Crippen LogP contribution in [0.15, 0.2) is 0 Å². The van der Waals surface area contributed by atoms with Crippen LogP contribution in [0.1, 0.15) is 13.3 Å². The van der Waals surface area contributed by atoms with E-state index in [4.69, 9.17) is 4.74 Å². The second-order valence-corrected chi connectivity index (χ2v) is 4.05. The summed E-state index contributed by atoms with van der Waals surface area (Å²) in [5.74, 6) is -1.09. The summed E-state index contributed by atoms with van der Waals surface area (Å²) in [6.45, 7) is 3.72. The van der Waals surface area contributed by atoms with Crippen molar-refractivity contribution < 1.29 is 19.1 Å². The number of morpholine rings is 1. The van der Waals surface area contributed by atoms with E-state index in [0.717, 1.165) is 0 Å². The molecule has 7 heteroatoms. The highest BCUT2D eigenvalue weighted by molar-refractivity contribution is 6.22. The molecule has 2 aliphatic rings. The lowest BCUT2D eigenvalue weighted by Gasteiger charge is -2.43. The molecule has 2 fully saturated rings. The summed E-state index contributed by atoms with van der Waals surface area (Å²) in [5, 5.41) is 4.31. The minimum Gasteiger partial charge on any atom is -0.379 e. The number of hydrogen-bond donors (Lipinski definition) is 2. The van der Waals surface area contributed by atoms with E-state index in [1.807, 2.05) is 0 Å². The first-order valence-electron chi connectivity index (χ1n) is 5.61. The average Bonchev–Trinajstić information content (AvgIpc) is 2.30. The molecule has 0 unspecified atom stereocenters. The second kappa shape index (κ2) is 4.42. The predicted octanol–water partition coefficient (Wildman–Crippen LogP) is -1.17. The third-order valence-corrected chi connectivity index (χ3v) is 3.27. The van der Waals surface area contributed by atoms with Crippen LogP contribution in [0.2, 0.25) is 0 Å². The molecule has 0 spiro atoms. The molecule has 0 atom stereocenters. The molecule has 2 rings (SSSR count). The van der Waals surface area contributed by atoms with E-state index in [1.54, 1.807) is 11.8 Å². The van der Waals surface area contributed by atoms with Crippen LogP contribution in [-0.4, -0.2) is 54.6 Å². The molecule has 94 valence electrons. The lowest BCUT2D eigenvalue weighted by atomic mass is 9.89. The van der Waals surface area contributed by atoms with Gasteiger partial charge in [0.05, 0.1) is 13.2 Å². The van der Waals surface area contributed by atoms with Crippen molar-refractivity contribution in [1.82, 2.24) is 15.5 Å². The fraction of sp³-hybridized carbons (Fsp3) is 0.700. The average molecular weight is 241 g/mol. The fourth-order valence-electron chi connectivity index (χ4n) is 2.32. The molecule has 2 aliphatic heterocycles. The van der Waals surface area contributed by atoms with Gasteiger partial charge in [-0.3, -0.25) is 25.1 Å². The zero-order chi connectivity index (χ0) is 12.5. The Kier molecular flexibility index (Phi) is 3.12. The number of hydrogen-bond acceptors (Lipinski definition) is 5. The van der Waals surface area contributed by atoms with Crippen molar-refractivity contribution in [2.45, 2.75) is 18.9 Å². The van der Waals surface area contributed by atoms with Crippen LogP contribution in [0.4, 0.5) is 4.79 Å². The highest BCUT2D eigenvalue weighted by atomic mass is 16.5. The monoisotopic (exact) mass is 241 g/mol. The van der Waals surface area contributed by atoms with Crippen LogP contribution in [0.3, 0.4) is 0 Å². The number of carbonyl (C=O) groups excluding carboxylic acids is 3. The lowest BCUT2D eigenvalue weighted by Crippen LogP contribution is -2.74. The second-order valence-electron chi connectivity index (χ2n) is 4.05. The zero-order valence-corrected chi connectivity index (χ0v) is 9.62. The number of urea groups is 1. The third kappa shape index (κ3) is 1.81. The van der Waals surface area contributed by atoms with Crippen molar-refractivity contribution in [3.8, 4) is 0 Å². The number of amides is 4. The van der Waals surface area contributed by atoms with Gasteiger partial charge in [-0.1, -0.05) is 6.92 Å². The van der Waals surface area contributed by atoms with Crippen LogP contribution in [-0.2, 0) is 14.3 Å². The van der Waals surface area contributed by atoms with Crippen molar-refractivity contribution in [2.75, 3.05) is 26.3 Å². The van der Waals surface area contributed by atoms with Gasteiger partial charge in [-0.2, -0.15) is 0 Å². The van der Waals surface area contributed by atoms with Gasteiger partial charge < -0.3 is 4.74 Å². The predicted molar refractivity (Wildman–Crippen MR) is 57.1 cm³/mol.